The summed E-state index contributed by atoms with van der Waals surface area (Å²) in [6, 6.07) is 10.8. The molecule has 0 spiro atoms. The van der Waals surface area contributed by atoms with Crippen LogP contribution < -0.4 is 19.1 Å². The minimum absolute atomic E-state index is 0.0132. The molecule has 148 valence electrons. The highest BCUT2D eigenvalue weighted by Gasteiger charge is 2.31. The molecule has 0 aliphatic carbocycles. The summed E-state index contributed by atoms with van der Waals surface area (Å²) in [5.74, 6) is -0.0435. The Morgan fingerprint density at radius 1 is 1.00 bits per heavy atom. The zero-order chi connectivity index (χ0) is 20.3. The van der Waals surface area contributed by atoms with Crippen molar-refractivity contribution in [3.63, 3.8) is 0 Å². The fourth-order valence-corrected chi connectivity index (χ4v) is 3.48. The van der Waals surface area contributed by atoms with Crippen molar-refractivity contribution in [3.05, 3.63) is 47.5 Å². The van der Waals surface area contributed by atoms with Crippen molar-refractivity contribution in [1.82, 2.24) is 0 Å². The monoisotopic (exact) mass is 385 g/mol. The number of rotatable bonds is 6. The Balaban J connectivity index is 1.75. The molecule has 0 saturated heterocycles. The van der Waals surface area contributed by atoms with Gasteiger partial charge in [0.25, 0.3) is 5.91 Å². The average molecular weight is 385 g/mol. The van der Waals surface area contributed by atoms with E-state index in [2.05, 4.69) is 0 Å². The zero-order valence-electron chi connectivity index (χ0n) is 16.4. The minimum atomic E-state index is -0.675. The van der Waals surface area contributed by atoms with Crippen molar-refractivity contribution in [1.29, 1.82) is 0 Å². The lowest BCUT2D eigenvalue weighted by molar-refractivity contribution is -0.122. The highest BCUT2D eigenvalue weighted by molar-refractivity contribution is 6.00. The van der Waals surface area contributed by atoms with Crippen molar-refractivity contribution in [2.45, 2.75) is 19.4 Å². The Bertz CT molecular complexity index is 894. The van der Waals surface area contributed by atoms with Crippen LogP contribution in [0.5, 0.6) is 17.2 Å². The van der Waals surface area contributed by atoms with Gasteiger partial charge in [-0.15, -0.1) is 0 Å². The number of carbonyl (C=O) groups is 2. The van der Waals surface area contributed by atoms with Gasteiger partial charge in [-0.2, -0.15) is 0 Å². The van der Waals surface area contributed by atoms with Gasteiger partial charge in [0.15, 0.2) is 18.1 Å². The second-order valence-electron chi connectivity index (χ2n) is 6.40. The van der Waals surface area contributed by atoms with Gasteiger partial charge in [0.05, 0.1) is 21.3 Å². The van der Waals surface area contributed by atoms with Crippen LogP contribution in [0.2, 0.25) is 0 Å². The summed E-state index contributed by atoms with van der Waals surface area (Å²) >= 11 is 0. The quantitative estimate of drug-likeness (QED) is 0.712. The van der Waals surface area contributed by atoms with E-state index in [1.165, 1.54) is 27.4 Å². The molecule has 1 amide bonds. The van der Waals surface area contributed by atoms with Crippen LogP contribution in [-0.4, -0.2) is 45.9 Å². The Morgan fingerprint density at radius 2 is 1.71 bits per heavy atom. The van der Waals surface area contributed by atoms with Crippen molar-refractivity contribution >= 4 is 17.6 Å². The number of nitrogens with zero attached hydrogens (tertiary/aromatic N) is 1. The normalized spacial score (nSPS) is 15.0. The molecular formula is C21H23NO6. The van der Waals surface area contributed by atoms with E-state index in [4.69, 9.17) is 18.9 Å². The molecule has 1 aliphatic rings. The van der Waals surface area contributed by atoms with Gasteiger partial charge < -0.3 is 23.8 Å². The number of esters is 1. The third-order valence-corrected chi connectivity index (χ3v) is 4.73. The molecule has 2 aromatic carbocycles. The molecule has 0 unspecified atom stereocenters. The van der Waals surface area contributed by atoms with Crippen LogP contribution in [0.4, 0.5) is 5.69 Å². The molecule has 7 nitrogen and oxygen atoms in total. The number of hydrogen-bond acceptors (Lipinski definition) is 6. The fraction of sp³-hybridized carbons (Fsp3) is 0.333. The number of ether oxygens (including phenoxy) is 4. The summed E-state index contributed by atoms with van der Waals surface area (Å²) in [6.45, 7) is 1.60. The van der Waals surface area contributed by atoms with E-state index in [0.29, 0.717) is 5.75 Å². The molecule has 0 aromatic heterocycles. The van der Waals surface area contributed by atoms with Crippen LogP contribution in [0.1, 0.15) is 22.8 Å². The van der Waals surface area contributed by atoms with Crippen LogP contribution in [0.3, 0.4) is 0 Å². The number of para-hydroxylation sites is 1. The van der Waals surface area contributed by atoms with Crippen molar-refractivity contribution in [2.75, 3.05) is 32.8 Å². The van der Waals surface area contributed by atoms with Crippen LogP contribution in [0.25, 0.3) is 0 Å². The standard InChI is InChI=1S/C21H23NO6/c1-13-11-14-7-5-6-8-16(14)22(13)18(23)12-28-21(24)15-9-10-17(25-2)20(27-4)19(15)26-3/h5-10,13H,11-12H2,1-4H3/t13-/m0/s1. The molecule has 2 aromatic rings. The summed E-state index contributed by atoms with van der Waals surface area (Å²) in [7, 11) is 4.36. The number of methoxy groups -OCH3 is 3. The number of hydrogen-bond donors (Lipinski definition) is 0. The smallest absolute Gasteiger partial charge is 0.342 e. The summed E-state index contributed by atoms with van der Waals surface area (Å²) < 4.78 is 21.1. The van der Waals surface area contributed by atoms with E-state index in [0.717, 1.165) is 17.7 Å². The van der Waals surface area contributed by atoms with Gasteiger partial charge in [0.2, 0.25) is 5.75 Å². The molecule has 0 radical (unpaired) electrons. The minimum Gasteiger partial charge on any atom is -0.493 e. The second-order valence-corrected chi connectivity index (χ2v) is 6.40. The van der Waals surface area contributed by atoms with Gasteiger partial charge in [-0.3, -0.25) is 4.79 Å². The van der Waals surface area contributed by atoms with Gasteiger partial charge in [-0.1, -0.05) is 18.2 Å². The van der Waals surface area contributed by atoms with E-state index >= 15 is 0 Å². The number of amides is 1. The van der Waals surface area contributed by atoms with Gasteiger partial charge in [0, 0.05) is 11.7 Å². The lowest BCUT2D eigenvalue weighted by Crippen LogP contribution is -2.38. The first-order valence-corrected chi connectivity index (χ1v) is 8.87. The highest BCUT2D eigenvalue weighted by atomic mass is 16.5. The third kappa shape index (κ3) is 3.47. The molecule has 1 atom stereocenters. The maximum absolute atomic E-state index is 12.7. The zero-order valence-corrected chi connectivity index (χ0v) is 16.4. The van der Waals surface area contributed by atoms with E-state index in [1.54, 1.807) is 11.0 Å². The maximum Gasteiger partial charge on any atom is 0.342 e. The molecule has 0 bridgehead atoms. The summed E-state index contributed by atoms with van der Waals surface area (Å²) in [5.41, 5.74) is 2.12. The van der Waals surface area contributed by atoms with Gasteiger partial charge in [-0.05, 0) is 37.1 Å². The van der Waals surface area contributed by atoms with Crippen LogP contribution in [0.15, 0.2) is 36.4 Å². The number of carbonyl (C=O) groups excluding carboxylic acids is 2. The fourth-order valence-electron chi connectivity index (χ4n) is 3.48. The van der Waals surface area contributed by atoms with Gasteiger partial charge in [0.1, 0.15) is 5.56 Å². The number of benzene rings is 2. The average Bonchev–Trinajstić information content (AvgIpc) is 3.06. The molecule has 0 saturated carbocycles. The molecule has 28 heavy (non-hydrogen) atoms. The Hall–Kier alpha value is -3.22. The second kappa shape index (κ2) is 8.21. The maximum atomic E-state index is 12.7. The lowest BCUT2D eigenvalue weighted by atomic mass is 10.1. The van der Waals surface area contributed by atoms with E-state index < -0.39 is 5.97 Å². The van der Waals surface area contributed by atoms with E-state index in [9.17, 15) is 9.59 Å². The van der Waals surface area contributed by atoms with Gasteiger partial charge >= 0.3 is 5.97 Å². The summed E-state index contributed by atoms with van der Waals surface area (Å²) in [6.07, 6.45) is 0.777. The highest BCUT2D eigenvalue weighted by Crippen LogP contribution is 2.40. The Labute approximate surface area is 163 Å². The van der Waals surface area contributed by atoms with Gasteiger partial charge in [-0.25, -0.2) is 4.79 Å². The van der Waals surface area contributed by atoms with E-state index in [-0.39, 0.29) is 35.6 Å². The molecule has 3 rings (SSSR count). The number of anilines is 1. The van der Waals surface area contributed by atoms with Crippen molar-refractivity contribution in [2.24, 2.45) is 0 Å². The van der Waals surface area contributed by atoms with Crippen molar-refractivity contribution < 1.29 is 28.5 Å². The first-order chi connectivity index (χ1) is 13.5. The molecule has 7 heteroatoms. The predicted molar refractivity (Wildman–Crippen MR) is 103 cm³/mol. The SMILES string of the molecule is COc1ccc(C(=O)OCC(=O)N2c3ccccc3C[C@@H]2C)c(OC)c1OC. The first kappa shape index (κ1) is 19.5. The third-order valence-electron chi connectivity index (χ3n) is 4.73. The topological polar surface area (TPSA) is 74.3 Å². The van der Waals surface area contributed by atoms with Crippen molar-refractivity contribution in [3.8, 4) is 17.2 Å². The molecule has 1 heterocycles. The predicted octanol–water partition coefficient (Wildman–Crippen LogP) is 2.85. The molecular weight excluding hydrogens is 362 g/mol. The van der Waals surface area contributed by atoms with Crippen LogP contribution in [0, 0.1) is 0 Å². The first-order valence-electron chi connectivity index (χ1n) is 8.87. The van der Waals surface area contributed by atoms with E-state index in [1.807, 2.05) is 31.2 Å². The Kier molecular flexibility index (Phi) is 5.73. The molecule has 1 aliphatic heterocycles. The summed E-state index contributed by atoms with van der Waals surface area (Å²) in [5, 5.41) is 0. The largest absolute Gasteiger partial charge is 0.493 e. The lowest BCUT2D eigenvalue weighted by Gasteiger charge is -2.22. The molecule has 0 N–H and O–H groups in total. The molecule has 0 fully saturated rings. The summed E-state index contributed by atoms with van der Waals surface area (Å²) in [4.78, 5) is 26.9. The van der Waals surface area contributed by atoms with Crippen LogP contribution >= 0.6 is 0 Å². The van der Waals surface area contributed by atoms with Crippen LogP contribution in [-0.2, 0) is 16.0 Å². The Morgan fingerprint density at radius 3 is 2.39 bits per heavy atom. The number of fused-ring (bicyclic) bond motifs is 1.